The summed E-state index contributed by atoms with van der Waals surface area (Å²) in [6, 6.07) is 16.3. The topological polar surface area (TPSA) is 18.5 Å². The maximum atomic E-state index is 5.67. The van der Waals surface area contributed by atoms with Crippen LogP contribution in [0.15, 0.2) is 85.0 Å². The Kier molecular flexibility index (Phi) is 7.42. The van der Waals surface area contributed by atoms with Crippen molar-refractivity contribution in [1.29, 1.82) is 0 Å². The van der Waals surface area contributed by atoms with E-state index in [9.17, 15) is 0 Å². The van der Waals surface area contributed by atoms with Gasteiger partial charge in [0.05, 0.1) is 0 Å². The minimum absolute atomic E-state index is 0.571. The van der Waals surface area contributed by atoms with Crippen molar-refractivity contribution in [2.24, 2.45) is 0 Å². The van der Waals surface area contributed by atoms with Gasteiger partial charge in [0.25, 0.3) is 0 Å². The molecule has 0 aliphatic carbocycles. The van der Waals surface area contributed by atoms with Crippen molar-refractivity contribution in [2.45, 2.75) is 13.8 Å². The van der Waals surface area contributed by atoms with Crippen molar-refractivity contribution >= 4 is 0 Å². The quantitative estimate of drug-likeness (QED) is 0.451. The van der Waals surface area contributed by atoms with E-state index in [4.69, 9.17) is 9.47 Å². The van der Waals surface area contributed by atoms with E-state index in [1.54, 1.807) is 0 Å². The van der Waals surface area contributed by atoms with Crippen molar-refractivity contribution in [3.05, 3.63) is 85.0 Å². The third-order valence-electron chi connectivity index (χ3n) is 3.41. The molecule has 0 radical (unpaired) electrons. The van der Waals surface area contributed by atoms with Crippen LogP contribution >= 0.6 is 0 Å². The number of benzene rings is 2. The lowest BCUT2D eigenvalue weighted by molar-refractivity contribution is 0.362. The van der Waals surface area contributed by atoms with Gasteiger partial charge in [-0.25, -0.2) is 0 Å². The summed E-state index contributed by atoms with van der Waals surface area (Å²) in [5.74, 6) is 1.75. The Balaban J connectivity index is 1.92. The second-order valence-electron chi connectivity index (χ2n) is 5.19. The van der Waals surface area contributed by atoms with Crippen LogP contribution in [-0.2, 0) is 0 Å². The van der Waals surface area contributed by atoms with E-state index in [2.05, 4.69) is 24.3 Å². The monoisotopic (exact) mass is 320 g/mol. The zero-order valence-electron chi connectivity index (χ0n) is 14.3. The molecule has 0 bridgehead atoms. The molecule has 0 saturated heterocycles. The minimum Gasteiger partial charge on any atom is -0.490 e. The lowest BCUT2D eigenvalue weighted by atomic mass is 10.1. The molecule has 124 valence electrons. The fourth-order valence-corrected chi connectivity index (χ4v) is 2.12. The van der Waals surface area contributed by atoms with Crippen LogP contribution in [0.25, 0.3) is 11.1 Å². The van der Waals surface area contributed by atoms with Gasteiger partial charge in [-0.3, -0.25) is 0 Å². The van der Waals surface area contributed by atoms with E-state index in [0.29, 0.717) is 13.2 Å². The number of ether oxygens (including phenoxy) is 2. The van der Waals surface area contributed by atoms with Crippen LogP contribution in [-0.4, -0.2) is 13.2 Å². The summed E-state index contributed by atoms with van der Waals surface area (Å²) < 4.78 is 11.3. The number of hydrogen-bond acceptors (Lipinski definition) is 2. The number of allylic oxidation sites excluding steroid dienone is 4. The van der Waals surface area contributed by atoms with E-state index in [-0.39, 0.29) is 0 Å². The van der Waals surface area contributed by atoms with Crippen molar-refractivity contribution in [1.82, 2.24) is 0 Å². The van der Waals surface area contributed by atoms with Gasteiger partial charge in [-0.1, -0.05) is 54.6 Å². The van der Waals surface area contributed by atoms with E-state index in [0.717, 1.165) is 22.6 Å². The Morgan fingerprint density at radius 2 is 1.12 bits per heavy atom. The van der Waals surface area contributed by atoms with Gasteiger partial charge in [0.2, 0.25) is 0 Å². The summed E-state index contributed by atoms with van der Waals surface area (Å²) in [5, 5.41) is 0. The van der Waals surface area contributed by atoms with Gasteiger partial charge in [-0.2, -0.15) is 0 Å². The normalized spacial score (nSPS) is 11.6. The number of hydrogen-bond donors (Lipinski definition) is 0. The molecule has 0 N–H and O–H groups in total. The van der Waals surface area contributed by atoms with Crippen LogP contribution in [0.1, 0.15) is 13.8 Å². The van der Waals surface area contributed by atoms with Crippen LogP contribution in [0.3, 0.4) is 0 Å². The van der Waals surface area contributed by atoms with Crippen LogP contribution in [0.2, 0.25) is 0 Å². The molecule has 0 heterocycles. The largest absolute Gasteiger partial charge is 0.490 e. The molecule has 0 unspecified atom stereocenters. The molecule has 0 spiro atoms. The molecule has 2 aromatic rings. The second-order valence-corrected chi connectivity index (χ2v) is 5.19. The average molecular weight is 320 g/mol. The molecule has 0 aliphatic heterocycles. The molecule has 2 aromatic carbocycles. The van der Waals surface area contributed by atoms with E-state index in [1.165, 1.54) is 0 Å². The standard InChI is InChI=1S/C22H24O2/c1-3-5-7-8-18-24-22-15-11-20(12-16-22)19-9-13-21(14-10-19)23-17-6-4-2/h3-16H,17-18H2,1-2H3/b5-3+,6-4+,8-7+. The van der Waals surface area contributed by atoms with Crippen molar-refractivity contribution in [2.75, 3.05) is 13.2 Å². The third kappa shape index (κ3) is 5.81. The zero-order chi connectivity index (χ0) is 17.0. The highest BCUT2D eigenvalue weighted by Gasteiger charge is 2.00. The van der Waals surface area contributed by atoms with Crippen molar-refractivity contribution in [3.63, 3.8) is 0 Å². The zero-order valence-corrected chi connectivity index (χ0v) is 14.3. The summed E-state index contributed by atoms with van der Waals surface area (Å²) in [6.07, 6.45) is 11.9. The molecular formula is C22H24O2. The Bertz CT molecular complexity index is 677. The van der Waals surface area contributed by atoms with Gasteiger partial charge in [-0.15, -0.1) is 0 Å². The Labute approximate surface area is 144 Å². The van der Waals surface area contributed by atoms with E-state index >= 15 is 0 Å². The molecule has 0 saturated carbocycles. The predicted molar refractivity (Wildman–Crippen MR) is 102 cm³/mol. The number of rotatable bonds is 8. The van der Waals surface area contributed by atoms with Crippen LogP contribution in [0, 0.1) is 0 Å². The third-order valence-corrected chi connectivity index (χ3v) is 3.41. The van der Waals surface area contributed by atoms with Crippen LogP contribution in [0.5, 0.6) is 11.5 Å². The molecular weight excluding hydrogens is 296 g/mol. The van der Waals surface area contributed by atoms with Gasteiger partial charge >= 0.3 is 0 Å². The second kappa shape index (κ2) is 10.1. The lowest BCUT2D eigenvalue weighted by Crippen LogP contribution is -1.93. The smallest absolute Gasteiger partial charge is 0.119 e. The molecule has 0 fully saturated rings. The van der Waals surface area contributed by atoms with Crippen molar-refractivity contribution < 1.29 is 9.47 Å². The minimum atomic E-state index is 0.571. The molecule has 2 nitrogen and oxygen atoms in total. The molecule has 2 rings (SSSR count). The molecule has 2 heteroatoms. The lowest BCUT2D eigenvalue weighted by Gasteiger charge is -2.07. The molecule has 0 aliphatic rings. The highest BCUT2D eigenvalue weighted by Crippen LogP contribution is 2.24. The first-order chi connectivity index (χ1) is 11.8. The molecule has 0 amide bonds. The summed E-state index contributed by atoms with van der Waals surface area (Å²) in [5.41, 5.74) is 2.32. The van der Waals surface area contributed by atoms with Gasteiger partial charge < -0.3 is 9.47 Å². The highest BCUT2D eigenvalue weighted by molar-refractivity contribution is 5.64. The maximum Gasteiger partial charge on any atom is 0.119 e. The first-order valence-corrected chi connectivity index (χ1v) is 8.18. The highest BCUT2D eigenvalue weighted by atomic mass is 16.5. The molecule has 24 heavy (non-hydrogen) atoms. The van der Waals surface area contributed by atoms with E-state index in [1.807, 2.05) is 74.6 Å². The Hall–Kier alpha value is -2.74. The first kappa shape index (κ1) is 17.6. The van der Waals surface area contributed by atoms with Gasteiger partial charge in [0.1, 0.15) is 24.7 Å². The Morgan fingerprint density at radius 1 is 0.625 bits per heavy atom. The first-order valence-electron chi connectivity index (χ1n) is 8.18. The molecule has 0 atom stereocenters. The average Bonchev–Trinajstić information content (AvgIpc) is 2.63. The van der Waals surface area contributed by atoms with Gasteiger partial charge in [-0.05, 0) is 55.3 Å². The summed E-state index contributed by atoms with van der Waals surface area (Å²) in [7, 11) is 0. The summed E-state index contributed by atoms with van der Waals surface area (Å²) in [6.45, 7) is 5.15. The van der Waals surface area contributed by atoms with Crippen LogP contribution in [0.4, 0.5) is 0 Å². The van der Waals surface area contributed by atoms with E-state index < -0.39 is 0 Å². The van der Waals surface area contributed by atoms with Crippen LogP contribution < -0.4 is 9.47 Å². The fourth-order valence-electron chi connectivity index (χ4n) is 2.12. The fraction of sp³-hybridized carbons (Fsp3) is 0.182. The Morgan fingerprint density at radius 3 is 1.58 bits per heavy atom. The van der Waals surface area contributed by atoms with Gasteiger partial charge in [0, 0.05) is 0 Å². The predicted octanol–water partition coefficient (Wildman–Crippen LogP) is 5.82. The molecule has 0 aromatic heterocycles. The maximum absolute atomic E-state index is 5.67. The SMILES string of the molecule is C/C=C/C=C/COc1ccc(-c2ccc(OC/C=C/C)cc2)cc1. The van der Waals surface area contributed by atoms with Gasteiger partial charge in [0.15, 0.2) is 0 Å². The summed E-state index contributed by atoms with van der Waals surface area (Å²) in [4.78, 5) is 0. The van der Waals surface area contributed by atoms with Crippen molar-refractivity contribution in [3.8, 4) is 22.6 Å². The summed E-state index contributed by atoms with van der Waals surface area (Å²) >= 11 is 0.